The molecule has 0 aliphatic rings. The summed E-state index contributed by atoms with van der Waals surface area (Å²) in [4.78, 5) is 4.37. The Hall–Kier alpha value is -0.870. The zero-order valence-electron chi connectivity index (χ0n) is 11.8. The fourth-order valence-electron chi connectivity index (χ4n) is 1.92. The van der Waals surface area contributed by atoms with E-state index in [9.17, 15) is 0 Å². The molecule has 0 radical (unpaired) electrons. The second-order valence-corrected chi connectivity index (χ2v) is 4.44. The highest BCUT2D eigenvalue weighted by molar-refractivity contribution is 4.92. The molecule has 1 rings (SSSR count). The highest BCUT2D eigenvalue weighted by Crippen LogP contribution is 2.00. The van der Waals surface area contributed by atoms with Crippen LogP contribution in [0.2, 0.25) is 0 Å². The van der Waals surface area contributed by atoms with E-state index in [1.165, 1.54) is 12.2 Å². The molecule has 4 nitrogen and oxygen atoms in total. The number of rotatable bonds is 11. The number of ether oxygens (including phenoxy) is 1. The smallest absolute Gasteiger partial charge is 0.108 e. The summed E-state index contributed by atoms with van der Waals surface area (Å²) in [6, 6.07) is 0. The van der Waals surface area contributed by atoms with Crippen LogP contribution in [-0.4, -0.2) is 35.9 Å². The first-order valence-corrected chi connectivity index (χ1v) is 7.17. The van der Waals surface area contributed by atoms with Crippen LogP contribution in [0.25, 0.3) is 0 Å². The van der Waals surface area contributed by atoms with Gasteiger partial charge in [0.25, 0.3) is 0 Å². The summed E-state index contributed by atoms with van der Waals surface area (Å²) in [5, 5.41) is 3.47. The molecule has 1 heterocycles. The van der Waals surface area contributed by atoms with Crippen LogP contribution in [0.1, 0.15) is 38.9 Å². The van der Waals surface area contributed by atoms with Crippen LogP contribution in [0.3, 0.4) is 0 Å². The molecule has 0 aromatic carbocycles. The lowest BCUT2D eigenvalue weighted by molar-refractivity contribution is 0.143. The maximum absolute atomic E-state index is 5.30. The number of hydrogen-bond donors (Lipinski definition) is 1. The Morgan fingerprint density at radius 2 is 2.17 bits per heavy atom. The number of aryl methyl sites for hydroxylation is 1. The van der Waals surface area contributed by atoms with E-state index in [0.717, 1.165) is 52.1 Å². The summed E-state index contributed by atoms with van der Waals surface area (Å²) in [5.74, 6) is 1.20. The van der Waals surface area contributed by atoms with E-state index in [4.69, 9.17) is 4.74 Å². The zero-order chi connectivity index (χ0) is 13.1. The highest BCUT2D eigenvalue weighted by atomic mass is 16.5. The molecule has 0 unspecified atom stereocenters. The van der Waals surface area contributed by atoms with Crippen LogP contribution in [-0.2, 0) is 17.7 Å². The molecule has 1 aromatic heterocycles. The van der Waals surface area contributed by atoms with Crippen molar-refractivity contribution < 1.29 is 4.74 Å². The normalized spacial score (nSPS) is 11.0. The van der Waals surface area contributed by atoms with Gasteiger partial charge in [0.2, 0.25) is 0 Å². The van der Waals surface area contributed by atoms with E-state index in [2.05, 4.69) is 28.0 Å². The van der Waals surface area contributed by atoms with E-state index in [1.54, 1.807) is 0 Å². The molecule has 104 valence electrons. The average Bonchev–Trinajstić information content (AvgIpc) is 2.81. The fraction of sp³-hybridized carbons (Fsp3) is 0.786. The van der Waals surface area contributed by atoms with Crippen molar-refractivity contribution in [1.29, 1.82) is 0 Å². The Morgan fingerprint density at radius 3 is 2.94 bits per heavy atom. The first-order valence-electron chi connectivity index (χ1n) is 7.17. The molecule has 0 aliphatic heterocycles. The van der Waals surface area contributed by atoms with Crippen LogP contribution in [0.5, 0.6) is 0 Å². The van der Waals surface area contributed by atoms with E-state index in [-0.39, 0.29) is 0 Å². The van der Waals surface area contributed by atoms with Gasteiger partial charge in [-0.15, -0.1) is 0 Å². The Balaban J connectivity index is 2.01. The Morgan fingerprint density at radius 1 is 1.28 bits per heavy atom. The molecule has 0 spiro atoms. The third-order valence-electron chi connectivity index (χ3n) is 2.90. The number of imidazole rings is 1. The van der Waals surface area contributed by atoms with E-state index >= 15 is 0 Å². The minimum atomic E-state index is 0.828. The van der Waals surface area contributed by atoms with Crippen molar-refractivity contribution in [2.24, 2.45) is 0 Å². The molecule has 0 atom stereocenters. The predicted octanol–water partition coefficient (Wildman–Crippen LogP) is 2.24. The molecule has 0 bridgehead atoms. The fourth-order valence-corrected chi connectivity index (χ4v) is 1.92. The van der Waals surface area contributed by atoms with E-state index < -0.39 is 0 Å². The van der Waals surface area contributed by atoms with Crippen molar-refractivity contribution in [3.8, 4) is 0 Å². The minimum absolute atomic E-state index is 0.828. The number of aromatic nitrogens is 2. The van der Waals surface area contributed by atoms with Crippen LogP contribution in [0.4, 0.5) is 0 Å². The molecule has 0 aliphatic carbocycles. The Labute approximate surface area is 111 Å². The van der Waals surface area contributed by atoms with Gasteiger partial charge in [0.05, 0.1) is 0 Å². The molecule has 0 saturated carbocycles. The predicted molar refractivity (Wildman–Crippen MR) is 74.8 cm³/mol. The van der Waals surface area contributed by atoms with Crippen molar-refractivity contribution in [3.63, 3.8) is 0 Å². The first kappa shape index (κ1) is 15.2. The number of unbranched alkanes of at least 4 members (excludes halogenated alkanes) is 1. The summed E-state index contributed by atoms with van der Waals surface area (Å²) < 4.78 is 7.55. The quantitative estimate of drug-likeness (QED) is 0.615. The molecule has 4 heteroatoms. The van der Waals surface area contributed by atoms with Crippen molar-refractivity contribution in [2.45, 2.75) is 46.1 Å². The van der Waals surface area contributed by atoms with E-state index in [0.29, 0.717) is 0 Å². The zero-order valence-corrected chi connectivity index (χ0v) is 11.8. The summed E-state index contributed by atoms with van der Waals surface area (Å²) in [5.41, 5.74) is 0. The minimum Gasteiger partial charge on any atom is -0.382 e. The average molecular weight is 253 g/mol. The molecular formula is C14H27N3O. The first-order chi connectivity index (χ1) is 8.88. The van der Waals surface area contributed by atoms with Crippen LogP contribution in [0.15, 0.2) is 12.4 Å². The second kappa shape index (κ2) is 10.1. The Kier molecular flexibility index (Phi) is 8.51. The maximum atomic E-state index is 5.30. The lowest BCUT2D eigenvalue weighted by Crippen LogP contribution is -2.22. The van der Waals surface area contributed by atoms with Gasteiger partial charge in [0.15, 0.2) is 0 Å². The lowest BCUT2D eigenvalue weighted by atomic mass is 10.3. The van der Waals surface area contributed by atoms with Crippen molar-refractivity contribution >= 4 is 0 Å². The standard InChI is InChI=1S/C14H27N3O/c1-3-7-14-16-10-12-17(14)11-9-15-8-5-6-13-18-4-2/h10,12,15H,3-9,11,13H2,1-2H3. The lowest BCUT2D eigenvalue weighted by Gasteiger charge is -2.08. The third kappa shape index (κ3) is 6.17. The van der Waals surface area contributed by atoms with Gasteiger partial charge in [-0.25, -0.2) is 4.98 Å². The highest BCUT2D eigenvalue weighted by Gasteiger charge is 2.00. The van der Waals surface area contributed by atoms with E-state index in [1.807, 2.05) is 13.1 Å². The summed E-state index contributed by atoms with van der Waals surface area (Å²) in [7, 11) is 0. The molecule has 0 saturated heterocycles. The van der Waals surface area contributed by atoms with Crippen LogP contribution in [0, 0.1) is 0 Å². The van der Waals surface area contributed by atoms with Crippen molar-refractivity contribution in [3.05, 3.63) is 18.2 Å². The van der Waals surface area contributed by atoms with Crippen LogP contribution >= 0.6 is 0 Å². The molecule has 0 amide bonds. The van der Waals surface area contributed by atoms with Crippen LogP contribution < -0.4 is 5.32 Å². The summed E-state index contributed by atoms with van der Waals surface area (Å²) >= 11 is 0. The SMILES string of the molecule is CCCc1nccn1CCNCCCCOCC. The largest absolute Gasteiger partial charge is 0.382 e. The van der Waals surface area contributed by atoms with Gasteiger partial charge in [-0.1, -0.05) is 6.92 Å². The summed E-state index contributed by atoms with van der Waals surface area (Å²) in [6.45, 7) is 9.05. The molecule has 18 heavy (non-hydrogen) atoms. The maximum Gasteiger partial charge on any atom is 0.108 e. The van der Waals surface area contributed by atoms with Gasteiger partial charge in [0, 0.05) is 45.1 Å². The monoisotopic (exact) mass is 253 g/mol. The number of nitrogens with zero attached hydrogens (tertiary/aromatic N) is 2. The summed E-state index contributed by atoms with van der Waals surface area (Å²) in [6.07, 6.45) is 8.52. The number of hydrogen-bond acceptors (Lipinski definition) is 3. The van der Waals surface area contributed by atoms with Gasteiger partial charge in [-0.3, -0.25) is 0 Å². The van der Waals surface area contributed by atoms with Gasteiger partial charge in [0.1, 0.15) is 5.82 Å². The molecule has 1 N–H and O–H groups in total. The second-order valence-electron chi connectivity index (χ2n) is 4.44. The number of nitrogens with one attached hydrogen (secondary N) is 1. The van der Waals surface area contributed by atoms with Gasteiger partial charge in [-0.2, -0.15) is 0 Å². The molecule has 0 fully saturated rings. The molecular weight excluding hydrogens is 226 g/mol. The van der Waals surface area contributed by atoms with Crippen molar-refractivity contribution in [2.75, 3.05) is 26.3 Å². The van der Waals surface area contributed by atoms with Gasteiger partial charge >= 0.3 is 0 Å². The van der Waals surface area contributed by atoms with Gasteiger partial charge < -0.3 is 14.6 Å². The van der Waals surface area contributed by atoms with Gasteiger partial charge in [-0.05, 0) is 32.7 Å². The third-order valence-corrected chi connectivity index (χ3v) is 2.90. The topological polar surface area (TPSA) is 39.1 Å². The molecule has 1 aromatic rings. The Bertz CT molecular complexity index is 299. The van der Waals surface area contributed by atoms with Crippen molar-refractivity contribution in [1.82, 2.24) is 14.9 Å².